The summed E-state index contributed by atoms with van der Waals surface area (Å²) in [5.41, 5.74) is -2.12. The number of fused-ring (bicyclic) bond motifs is 6. The standard InChI is InChI=1S/C85H134O18/c1-11-14-17-20-29-38-77(89)101-81-67(51-79(91)96-10)50-70-54-73(57(4)97-75(87)36-30-23-18-21-27-34-61-46-65(61)48-63-44-59(63)32-25-15-12-2)99-80(92)53-68(86)52-71-55-74(100-76(88)37-31-24-19-22-28-35-62-47-66(62)49-64-45-60(64)33-26-16-13-3)83(7,8)84(93,102-71)56-72-42-58(43-78(90)95-9)41-69(98-72)39-40-82(5,6)85(81,94)103-70/h17,20,29,38-40,43,51,57,59-66,68-74,81,86,93-94H,11-16,18-19,21-28,30-37,41-42,44-50,52-56H2,1-10H3/b20-17+,38-29+,40-39+,58-43+,67-51+/t57-,59?,60?,61?,62?,63?,64?,65?,66?,68-,69+,70+,71-,72+,73-,74+,81+,84+,85-/m1/s1. The Morgan fingerprint density at radius 1 is 0.583 bits per heavy atom. The third-order valence-corrected chi connectivity index (χ3v) is 24.4. The molecule has 4 aliphatic carbocycles. The molecular formula is C85H134O18. The molecule has 103 heavy (non-hydrogen) atoms. The van der Waals surface area contributed by atoms with Gasteiger partial charge in [-0.3, -0.25) is 14.4 Å². The first kappa shape index (κ1) is 83.9. The van der Waals surface area contributed by atoms with Crippen LogP contribution in [0.2, 0.25) is 0 Å². The second kappa shape index (κ2) is 40.5. The number of aliphatic hydroxyl groups excluding tert-OH is 1. The number of carbonyl (C=O) groups excluding carboxylic acids is 6. The molecule has 18 heteroatoms. The van der Waals surface area contributed by atoms with Crippen molar-refractivity contribution in [3.05, 3.63) is 59.8 Å². The molecule has 7 fully saturated rings. The number of hydrogen-bond donors (Lipinski definition) is 3. The first-order valence-electron chi connectivity index (χ1n) is 40.8. The number of hydrogen-bond acceptors (Lipinski definition) is 18. The minimum absolute atomic E-state index is 0.0809. The Morgan fingerprint density at radius 3 is 1.71 bits per heavy atom. The molecule has 18 nitrogen and oxygen atoms in total. The molecule has 3 saturated heterocycles. The van der Waals surface area contributed by atoms with Crippen molar-refractivity contribution in [2.45, 2.75) is 366 Å². The molecule has 0 aromatic rings. The van der Waals surface area contributed by atoms with Gasteiger partial charge in [0.05, 0.1) is 56.6 Å². The van der Waals surface area contributed by atoms with Crippen LogP contribution in [0.4, 0.5) is 0 Å². The van der Waals surface area contributed by atoms with Crippen LogP contribution in [-0.4, -0.2) is 132 Å². The number of esters is 6. The van der Waals surface area contributed by atoms with Crippen LogP contribution in [-0.2, 0) is 71.4 Å². The lowest BCUT2D eigenvalue weighted by molar-refractivity contribution is -0.348. The summed E-state index contributed by atoms with van der Waals surface area (Å²) in [6.07, 6.45) is 34.6. The number of unbranched alkanes of at least 4 members (excludes halogenated alkanes) is 13. The van der Waals surface area contributed by atoms with Gasteiger partial charge in [0, 0.05) is 62.2 Å². The van der Waals surface area contributed by atoms with Crippen LogP contribution < -0.4 is 0 Å². The summed E-state index contributed by atoms with van der Waals surface area (Å²) >= 11 is 0. The van der Waals surface area contributed by atoms with Crippen LogP contribution in [0.1, 0.15) is 299 Å². The Kier molecular flexibility index (Phi) is 33.0. The molecule has 4 heterocycles. The van der Waals surface area contributed by atoms with Crippen LogP contribution in [0.3, 0.4) is 0 Å². The number of aliphatic hydroxyl groups is 3. The average molecular weight is 1440 g/mol. The second-order valence-electron chi connectivity index (χ2n) is 33.7. The van der Waals surface area contributed by atoms with E-state index >= 15 is 0 Å². The van der Waals surface area contributed by atoms with E-state index in [2.05, 4.69) is 13.8 Å². The first-order chi connectivity index (χ1) is 49.3. The van der Waals surface area contributed by atoms with Gasteiger partial charge in [-0.15, -0.1) is 0 Å². The SMILES string of the molecule is CCC/C=C/C=C/C(=O)O[C@H]1/C(=C/C(=O)OC)C[C@H]2C[C@H]([C@@H](C)OC(=O)CCCCCCCC3CC3CC3CC3CCCCC)OC(=O)C[C@H](O)C[C@@H]3C[C@H](OC(=O)CCCCCCCC4CC4CC4CC4CCCCC)C(C)(C)[C@](O)(C[C@@H]4C/C(=C/C(=O)OC)C[C@H](/C=C/C(C)(C)[C@]1(O)O2)O4)O3. The van der Waals surface area contributed by atoms with E-state index in [0.717, 1.165) is 105 Å². The Morgan fingerprint density at radius 2 is 1.14 bits per heavy atom. The molecule has 0 aromatic carbocycles. The number of rotatable bonds is 38. The van der Waals surface area contributed by atoms with Gasteiger partial charge < -0.3 is 58.0 Å². The number of methoxy groups -OCH3 is 2. The van der Waals surface area contributed by atoms with Crippen molar-refractivity contribution in [2.24, 2.45) is 58.2 Å². The van der Waals surface area contributed by atoms with Gasteiger partial charge in [0.15, 0.2) is 11.9 Å². The highest BCUT2D eigenvalue weighted by atomic mass is 16.7. The minimum Gasteiger partial charge on any atom is -0.466 e. The van der Waals surface area contributed by atoms with Crippen LogP contribution >= 0.6 is 0 Å². The Balaban J connectivity index is 0.981. The Bertz CT molecular complexity index is 2870. The van der Waals surface area contributed by atoms with Crippen LogP contribution in [0.5, 0.6) is 0 Å². The third-order valence-electron chi connectivity index (χ3n) is 24.4. The van der Waals surface area contributed by atoms with Gasteiger partial charge >= 0.3 is 35.8 Å². The van der Waals surface area contributed by atoms with E-state index in [1.54, 1.807) is 52.8 Å². The third kappa shape index (κ3) is 26.3. The number of ether oxygens (including phenoxy) is 9. The monoisotopic (exact) mass is 1440 g/mol. The van der Waals surface area contributed by atoms with Crippen molar-refractivity contribution in [1.82, 2.24) is 0 Å². The summed E-state index contributed by atoms with van der Waals surface area (Å²) in [5, 5.41) is 38.7. The zero-order valence-corrected chi connectivity index (χ0v) is 64.8. The molecule has 0 aromatic heterocycles. The number of cyclic esters (lactones) is 1. The van der Waals surface area contributed by atoms with E-state index in [0.29, 0.717) is 18.4 Å². The van der Waals surface area contributed by atoms with Crippen LogP contribution in [0.15, 0.2) is 59.8 Å². The van der Waals surface area contributed by atoms with Crippen molar-refractivity contribution in [3.63, 3.8) is 0 Å². The molecule has 582 valence electrons. The topological polar surface area (TPSA) is 246 Å². The van der Waals surface area contributed by atoms with Gasteiger partial charge in [-0.2, -0.15) is 0 Å². The Hall–Kier alpha value is -4.72. The summed E-state index contributed by atoms with van der Waals surface area (Å²) < 4.78 is 55.4. The van der Waals surface area contributed by atoms with Gasteiger partial charge in [-0.25, -0.2) is 14.4 Å². The summed E-state index contributed by atoms with van der Waals surface area (Å²) in [4.78, 5) is 82.6. The van der Waals surface area contributed by atoms with Gasteiger partial charge in [0.25, 0.3) is 0 Å². The van der Waals surface area contributed by atoms with Crippen molar-refractivity contribution in [3.8, 4) is 0 Å². The fourth-order valence-electron chi connectivity index (χ4n) is 17.2. The van der Waals surface area contributed by atoms with Crippen molar-refractivity contribution < 1.29 is 86.7 Å². The number of allylic oxidation sites excluding steroid dienone is 3. The van der Waals surface area contributed by atoms with Crippen LogP contribution in [0.25, 0.3) is 0 Å². The molecule has 19 atom stereocenters. The molecule has 8 rings (SSSR count). The molecule has 0 spiro atoms. The van der Waals surface area contributed by atoms with Gasteiger partial charge in [0.1, 0.15) is 18.3 Å². The highest BCUT2D eigenvalue weighted by molar-refractivity contribution is 5.85. The Labute approximate surface area is 617 Å². The van der Waals surface area contributed by atoms with E-state index in [1.807, 2.05) is 13.0 Å². The quantitative estimate of drug-likeness (QED) is 0.0130. The maximum atomic E-state index is 14.5. The molecule has 8 unspecified atom stereocenters. The second-order valence-corrected chi connectivity index (χ2v) is 33.7. The molecule has 8 aliphatic rings. The molecule has 0 amide bonds. The molecule has 0 radical (unpaired) electrons. The highest BCUT2D eigenvalue weighted by Crippen LogP contribution is 2.57. The van der Waals surface area contributed by atoms with Crippen molar-refractivity contribution in [1.29, 1.82) is 0 Å². The molecular weight excluding hydrogens is 1310 g/mol. The van der Waals surface area contributed by atoms with Crippen LogP contribution in [0, 0.1) is 58.2 Å². The fourth-order valence-corrected chi connectivity index (χ4v) is 17.2. The van der Waals surface area contributed by atoms with E-state index in [4.69, 9.17) is 42.6 Å². The minimum atomic E-state index is -2.52. The maximum Gasteiger partial charge on any atom is 0.331 e. The molecule has 4 saturated carbocycles. The van der Waals surface area contributed by atoms with Gasteiger partial charge in [0.2, 0.25) is 5.79 Å². The lowest BCUT2D eigenvalue weighted by atomic mass is 9.70. The van der Waals surface area contributed by atoms with E-state index < -0.39 is 120 Å². The molecule has 4 aliphatic heterocycles. The van der Waals surface area contributed by atoms with Gasteiger partial charge in [-0.05, 0) is 137 Å². The lowest BCUT2D eigenvalue weighted by Gasteiger charge is -2.54. The van der Waals surface area contributed by atoms with Gasteiger partial charge in [-0.1, -0.05) is 206 Å². The van der Waals surface area contributed by atoms with Crippen molar-refractivity contribution >= 4 is 35.8 Å². The molecule has 6 bridgehead atoms. The zero-order valence-electron chi connectivity index (χ0n) is 64.8. The number of carbonyl (C=O) groups is 6. The zero-order chi connectivity index (χ0) is 74.3. The summed E-state index contributed by atoms with van der Waals surface area (Å²) in [6.45, 7) is 15.0. The maximum absolute atomic E-state index is 14.5. The van der Waals surface area contributed by atoms with E-state index in [9.17, 15) is 44.1 Å². The summed E-state index contributed by atoms with van der Waals surface area (Å²) in [7, 11) is 2.47. The normalized spacial score (nSPS) is 34.6. The highest BCUT2D eigenvalue weighted by Gasteiger charge is 2.60. The van der Waals surface area contributed by atoms with E-state index in [1.165, 1.54) is 148 Å². The summed E-state index contributed by atoms with van der Waals surface area (Å²) in [5.74, 6) is -1.23. The lowest BCUT2D eigenvalue weighted by Crippen LogP contribution is -2.62. The molecule has 3 N–H and O–H groups in total. The predicted octanol–water partition coefficient (Wildman–Crippen LogP) is 16.8. The average Bonchev–Trinajstić information content (AvgIpc) is 1.71. The van der Waals surface area contributed by atoms with E-state index in [-0.39, 0.29) is 63.4 Å². The largest absolute Gasteiger partial charge is 0.466 e. The smallest absolute Gasteiger partial charge is 0.331 e. The van der Waals surface area contributed by atoms with Crippen molar-refractivity contribution in [2.75, 3.05) is 14.2 Å². The fraction of sp³-hybridized carbons (Fsp3) is 0.812. The first-order valence-corrected chi connectivity index (χ1v) is 40.8. The predicted molar refractivity (Wildman–Crippen MR) is 395 cm³/mol. The summed E-state index contributed by atoms with van der Waals surface area (Å²) in [6, 6.07) is 0.